The number of amides is 1. The third-order valence-electron chi connectivity index (χ3n) is 3.82. The molecule has 0 fully saturated rings. The van der Waals surface area contributed by atoms with E-state index in [-0.39, 0.29) is 18.6 Å². The number of benzene rings is 2. The summed E-state index contributed by atoms with van der Waals surface area (Å²) in [4.78, 5) is 17.5. The summed E-state index contributed by atoms with van der Waals surface area (Å²) in [5, 5.41) is 17.1. The van der Waals surface area contributed by atoms with Crippen molar-refractivity contribution in [2.24, 2.45) is 5.16 Å². The van der Waals surface area contributed by atoms with Crippen LogP contribution >= 0.6 is 11.6 Å². The monoisotopic (exact) mass is 344 g/mol. The van der Waals surface area contributed by atoms with Gasteiger partial charge < -0.3 is 15.3 Å². The third-order valence-corrected chi connectivity index (χ3v) is 4.17. The van der Waals surface area contributed by atoms with Crippen molar-refractivity contribution in [1.29, 1.82) is 0 Å². The molecule has 1 heterocycles. The molecule has 0 radical (unpaired) electrons. The SMILES string of the molecule is O=C(NC[C@H](O)c1ccccc1Cl)C1=NO[C@H](c2ccccc2)C1. The van der Waals surface area contributed by atoms with E-state index in [1.54, 1.807) is 24.3 Å². The molecule has 1 amide bonds. The van der Waals surface area contributed by atoms with Crippen molar-refractivity contribution >= 4 is 23.2 Å². The maximum atomic E-state index is 12.2. The zero-order valence-corrected chi connectivity index (χ0v) is 13.6. The predicted octanol–water partition coefficient (Wildman–Crippen LogP) is 3.01. The molecule has 5 nitrogen and oxygen atoms in total. The Morgan fingerprint density at radius 2 is 1.96 bits per heavy atom. The average Bonchev–Trinajstić information content (AvgIpc) is 3.11. The van der Waals surface area contributed by atoms with Gasteiger partial charge >= 0.3 is 0 Å². The van der Waals surface area contributed by atoms with E-state index in [0.29, 0.717) is 22.7 Å². The van der Waals surface area contributed by atoms with Gasteiger partial charge in [0.2, 0.25) is 0 Å². The molecule has 1 aliphatic rings. The third kappa shape index (κ3) is 3.75. The van der Waals surface area contributed by atoms with E-state index in [9.17, 15) is 9.90 Å². The van der Waals surface area contributed by atoms with Crippen LogP contribution in [0.3, 0.4) is 0 Å². The Kier molecular flexibility index (Phi) is 5.13. The molecule has 1 aliphatic heterocycles. The highest BCUT2D eigenvalue weighted by atomic mass is 35.5. The van der Waals surface area contributed by atoms with Gasteiger partial charge in [0.25, 0.3) is 5.91 Å². The fourth-order valence-electron chi connectivity index (χ4n) is 2.50. The Labute approximate surface area is 144 Å². The lowest BCUT2D eigenvalue weighted by Crippen LogP contribution is -2.33. The Hall–Kier alpha value is -2.37. The number of hydrogen-bond acceptors (Lipinski definition) is 4. The van der Waals surface area contributed by atoms with Crippen LogP contribution in [0.25, 0.3) is 0 Å². The number of oxime groups is 1. The first-order valence-electron chi connectivity index (χ1n) is 7.63. The van der Waals surface area contributed by atoms with Gasteiger partial charge in [0, 0.05) is 23.6 Å². The molecule has 0 aromatic heterocycles. The molecule has 0 spiro atoms. The van der Waals surface area contributed by atoms with Crippen LogP contribution in [-0.4, -0.2) is 23.3 Å². The van der Waals surface area contributed by atoms with Crippen LogP contribution in [0.4, 0.5) is 0 Å². The van der Waals surface area contributed by atoms with Crippen molar-refractivity contribution < 1.29 is 14.7 Å². The fourth-order valence-corrected chi connectivity index (χ4v) is 2.77. The highest BCUT2D eigenvalue weighted by Crippen LogP contribution is 2.27. The fraction of sp³-hybridized carbons (Fsp3) is 0.222. The highest BCUT2D eigenvalue weighted by Gasteiger charge is 2.27. The first kappa shape index (κ1) is 16.5. The molecule has 0 bridgehead atoms. The van der Waals surface area contributed by atoms with Crippen molar-refractivity contribution in [2.45, 2.75) is 18.6 Å². The lowest BCUT2D eigenvalue weighted by atomic mass is 10.0. The second-order valence-electron chi connectivity index (χ2n) is 5.49. The van der Waals surface area contributed by atoms with E-state index >= 15 is 0 Å². The summed E-state index contributed by atoms with van der Waals surface area (Å²) in [7, 11) is 0. The summed E-state index contributed by atoms with van der Waals surface area (Å²) in [6, 6.07) is 16.6. The van der Waals surface area contributed by atoms with Crippen LogP contribution in [0.1, 0.15) is 29.8 Å². The van der Waals surface area contributed by atoms with E-state index in [1.165, 1.54) is 0 Å². The van der Waals surface area contributed by atoms with E-state index < -0.39 is 6.10 Å². The summed E-state index contributed by atoms with van der Waals surface area (Å²) < 4.78 is 0. The molecule has 0 saturated heterocycles. The minimum Gasteiger partial charge on any atom is -0.387 e. The second-order valence-corrected chi connectivity index (χ2v) is 5.90. The van der Waals surface area contributed by atoms with E-state index in [4.69, 9.17) is 16.4 Å². The second kappa shape index (κ2) is 7.47. The topological polar surface area (TPSA) is 70.9 Å². The molecule has 2 atom stereocenters. The van der Waals surface area contributed by atoms with Crippen molar-refractivity contribution in [3.8, 4) is 0 Å². The standard InChI is InChI=1S/C18H17ClN2O3/c19-14-9-5-4-8-13(14)16(22)11-20-18(23)15-10-17(24-21-15)12-6-2-1-3-7-12/h1-9,16-17,22H,10-11H2,(H,20,23)/t16-,17-/m0/s1. The van der Waals surface area contributed by atoms with Gasteiger partial charge in [-0.15, -0.1) is 0 Å². The maximum absolute atomic E-state index is 12.2. The molecular formula is C18H17ClN2O3. The van der Waals surface area contributed by atoms with Gasteiger partial charge in [-0.2, -0.15) is 0 Å². The van der Waals surface area contributed by atoms with Gasteiger partial charge in [-0.25, -0.2) is 0 Å². The molecule has 2 aromatic rings. The van der Waals surface area contributed by atoms with Crippen LogP contribution in [0.15, 0.2) is 59.8 Å². The quantitative estimate of drug-likeness (QED) is 0.875. The van der Waals surface area contributed by atoms with Crippen molar-refractivity contribution in [2.75, 3.05) is 6.54 Å². The number of hydrogen-bond donors (Lipinski definition) is 2. The summed E-state index contributed by atoms with van der Waals surface area (Å²) in [6.07, 6.45) is -0.728. The summed E-state index contributed by atoms with van der Waals surface area (Å²) in [6.45, 7) is 0.0532. The Balaban J connectivity index is 1.54. The van der Waals surface area contributed by atoms with E-state index in [2.05, 4.69) is 10.5 Å². The predicted molar refractivity (Wildman–Crippen MR) is 91.7 cm³/mol. The average molecular weight is 345 g/mol. The summed E-state index contributed by atoms with van der Waals surface area (Å²) in [5.41, 5.74) is 1.86. The van der Waals surface area contributed by atoms with Crippen LogP contribution in [0.5, 0.6) is 0 Å². The lowest BCUT2D eigenvalue weighted by molar-refractivity contribution is -0.115. The van der Waals surface area contributed by atoms with Crippen molar-refractivity contribution in [3.05, 3.63) is 70.7 Å². The molecule has 24 heavy (non-hydrogen) atoms. The maximum Gasteiger partial charge on any atom is 0.269 e. The van der Waals surface area contributed by atoms with Crippen LogP contribution in [0.2, 0.25) is 5.02 Å². The molecule has 0 unspecified atom stereocenters. The van der Waals surface area contributed by atoms with Crippen molar-refractivity contribution in [3.63, 3.8) is 0 Å². The summed E-state index contributed by atoms with van der Waals surface area (Å²) >= 11 is 6.03. The molecule has 0 saturated carbocycles. The Morgan fingerprint density at radius 3 is 2.71 bits per heavy atom. The number of carbonyl (C=O) groups excluding carboxylic acids is 1. The molecular weight excluding hydrogens is 328 g/mol. The smallest absolute Gasteiger partial charge is 0.269 e. The van der Waals surface area contributed by atoms with Crippen molar-refractivity contribution in [1.82, 2.24) is 5.32 Å². The van der Waals surface area contributed by atoms with Gasteiger partial charge in [0.15, 0.2) is 6.10 Å². The molecule has 6 heteroatoms. The number of nitrogens with zero attached hydrogens (tertiary/aromatic N) is 1. The first-order valence-corrected chi connectivity index (χ1v) is 8.01. The Bertz CT molecular complexity index is 749. The van der Waals surface area contributed by atoms with Gasteiger partial charge in [0.05, 0.1) is 6.10 Å². The summed E-state index contributed by atoms with van der Waals surface area (Å²) in [5.74, 6) is -0.348. The molecule has 2 N–H and O–H groups in total. The molecule has 2 aromatic carbocycles. The highest BCUT2D eigenvalue weighted by molar-refractivity contribution is 6.39. The van der Waals surface area contributed by atoms with E-state index in [0.717, 1.165) is 5.56 Å². The Morgan fingerprint density at radius 1 is 1.25 bits per heavy atom. The number of aliphatic hydroxyl groups is 1. The van der Waals surface area contributed by atoms with Crippen LogP contribution < -0.4 is 5.32 Å². The zero-order valence-electron chi connectivity index (χ0n) is 12.9. The largest absolute Gasteiger partial charge is 0.387 e. The van der Waals surface area contributed by atoms with Crippen LogP contribution in [-0.2, 0) is 9.63 Å². The first-order chi connectivity index (χ1) is 11.6. The number of rotatable bonds is 5. The molecule has 3 rings (SSSR count). The van der Waals surface area contributed by atoms with E-state index in [1.807, 2.05) is 30.3 Å². The lowest BCUT2D eigenvalue weighted by Gasteiger charge is -2.13. The van der Waals surface area contributed by atoms with Crippen LogP contribution in [0, 0.1) is 0 Å². The van der Waals surface area contributed by atoms with Gasteiger partial charge in [-0.3, -0.25) is 4.79 Å². The number of aliphatic hydroxyl groups excluding tert-OH is 1. The zero-order chi connectivity index (χ0) is 16.9. The van der Waals surface area contributed by atoms with Gasteiger partial charge in [0.1, 0.15) is 5.71 Å². The molecule has 124 valence electrons. The normalized spacial score (nSPS) is 17.8. The minimum absolute atomic E-state index is 0.0532. The number of nitrogens with one attached hydrogen (secondary N) is 1. The molecule has 0 aliphatic carbocycles. The minimum atomic E-state index is -0.879. The number of carbonyl (C=O) groups is 1. The van der Waals surface area contributed by atoms with Gasteiger partial charge in [-0.05, 0) is 11.6 Å². The van der Waals surface area contributed by atoms with Gasteiger partial charge in [-0.1, -0.05) is 65.3 Å². The number of halogens is 1.